The number of pyridine rings is 1. The molecule has 0 radical (unpaired) electrons. The van der Waals surface area contributed by atoms with Crippen molar-refractivity contribution in [2.75, 3.05) is 12.9 Å². The van der Waals surface area contributed by atoms with Gasteiger partial charge in [-0.05, 0) is 32.1 Å². The second kappa shape index (κ2) is 7.34. The number of rotatable bonds is 5. The van der Waals surface area contributed by atoms with Gasteiger partial charge >= 0.3 is 5.97 Å². The Bertz CT molecular complexity index is 813. The van der Waals surface area contributed by atoms with E-state index in [2.05, 4.69) is 9.97 Å². The second-order valence-corrected chi connectivity index (χ2v) is 6.67. The Morgan fingerprint density at radius 3 is 2.83 bits per heavy atom. The van der Waals surface area contributed by atoms with E-state index in [0.29, 0.717) is 23.0 Å². The lowest BCUT2D eigenvalue weighted by Crippen LogP contribution is -2.29. The summed E-state index contributed by atoms with van der Waals surface area (Å²) in [5.41, 5.74) is 0.986. The van der Waals surface area contributed by atoms with Crippen LogP contribution < -0.4 is 5.56 Å². The van der Waals surface area contributed by atoms with Crippen LogP contribution in [0.1, 0.15) is 44.2 Å². The van der Waals surface area contributed by atoms with Crippen molar-refractivity contribution in [2.45, 2.75) is 50.2 Å². The molecule has 0 unspecified atom stereocenters. The molecule has 0 bridgehead atoms. The number of nitrogens with zero attached hydrogens (tertiary/aromatic N) is 3. The highest BCUT2D eigenvalue weighted by Crippen LogP contribution is 2.30. The van der Waals surface area contributed by atoms with Crippen LogP contribution in [0.5, 0.6) is 0 Å². The van der Waals surface area contributed by atoms with Gasteiger partial charge in [0.1, 0.15) is 5.65 Å². The summed E-state index contributed by atoms with van der Waals surface area (Å²) in [4.78, 5) is 33.7. The van der Waals surface area contributed by atoms with E-state index in [1.54, 1.807) is 23.8 Å². The van der Waals surface area contributed by atoms with E-state index in [9.17, 15) is 9.59 Å². The van der Waals surface area contributed by atoms with E-state index >= 15 is 0 Å². The first kappa shape index (κ1) is 17.0. The minimum Gasteiger partial charge on any atom is -0.466 e. The molecular weight excluding hydrogens is 326 g/mol. The number of hydrogen-bond acceptors (Lipinski definition) is 6. The molecule has 7 heteroatoms. The number of carbonyl (C=O) groups excluding carboxylic acids is 1. The summed E-state index contributed by atoms with van der Waals surface area (Å²) in [6.45, 7) is 2.07. The number of carbonyl (C=O) groups is 1. The molecule has 128 valence electrons. The first-order chi connectivity index (χ1) is 11.6. The molecule has 2 aromatic heterocycles. The molecule has 2 heterocycles. The van der Waals surface area contributed by atoms with Gasteiger partial charge in [-0.1, -0.05) is 24.6 Å². The summed E-state index contributed by atoms with van der Waals surface area (Å²) in [7, 11) is 0. The zero-order valence-electron chi connectivity index (χ0n) is 13.9. The molecule has 0 saturated heterocycles. The van der Waals surface area contributed by atoms with Crippen LogP contribution in [0.15, 0.2) is 22.2 Å². The second-order valence-electron chi connectivity index (χ2n) is 5.90. The van der Waals surface area contributed by atoms with E-state index in [4.69, 9.17) is 4.74 Å². The Morgan fingerprint density at radius 2 is 2.17 bits per heavy atom. The van der Waals surface area contributed by atoms with Gasteiger partial charge in [-0.2, -0.15) is 0 Å². The molecule has 0 N–H and O–H groups in total. The summed E-state index contributed by atoms with van der Waals surface area (Å²) < 4.78 is 6.77. The molecule has 6 nitrogen and oxygen atoms in total. The van der Waals surface area contributed by atoms with Gasteiger partial charge in [0.15, 0.2) is 5.16 Å². The highest BCUT2D eigenvalue weighted by atomic mass is 32.2. The Hall–Kier alpha value is -1.89. The number of fused-ring (bicyclic) bond motifs is 1. The van der Waals surface area contributed by atoms with Gasteiger partial charge in [-0.25, -0.2) is 9.97 Å². The molecule has 2 aromatic rings. The molecule has 24 heavy (non-hydrogen) atoms. The molecule has 0 aliphatic heterocycles. The molecule has 1 fully saturated rings. The van der Waals surface area contributed by atoms with E-state index < -0.39 is 0 Å². The standard InChI is InChI=1S/C17H21N3O3S/c1-3-23-14(21)9-11-8-12-10-18-17(24-2)19-15(12)20(16(11)22)13-6-4-5-7-13/h8,10,13H,3-7,9H2,1-2H3. The Labute approximate surface area is 144 Å². The van der Waals surface area contributed by atoms with Gasteiger partial charge in [0, 0.05) is 23.2 Å². The van der Waals surface area contributed by atoms with E-state index in [1.807, 2.05) is 6.26 Å². The average molecular weight is 347 g/mol. The van der Waals surface area contributed by atoms with Crippen LogP contribution in [-0.2, 0) is 16.0 Å². The number of thioether (sulfide) groups is 1. The predicted octanol–water partition coefficient (Wildman–Crippen LogP) is 2.73. The summed E-state index contributed by atoms with van der Waals surface area (Å²) in [5.74, 6) is -0.381. The van der Waals surface area contributed by atoms with E-state index in [1.165, 1.54) is 11.8 Å². The van der Waals surface area contributed by atoms with Crippen LogP contribution in [0, 0.1) is 0 Å². The molecular formula is C17H21N3O3S. The maximum Gasteiger partial charge on any atom is 0.310 e. The average Bonchev–Trinajstić information content (AvgIpc) is 3.09. The molecule has 0 spiro atoms. The minimum absolute atomic E-state index is 0.0143. The van der Waals surface area contributed by atoms with Crippen LogP contribution in [0.4, 0.5) is 0 Å². The zero-order valence-corrected chi connectivity index (χ0v) is 14.8. The largest absolute Gasteiger partial charge is 0.466 e. The molecule has 1 saturated carbocycles. The van der Waals surface area contributed by atoms with Gasteiger partial charge in [-0.15, -0.1) is 0 Å². The summed E-state index contributed by atoms with van der Waals surface area (Å²) in [6, 6.07) is 1.87. The maximum absolute atomic E-state index is 13.0. The van der Waals surface area contributed by atoms with Crippen LogP contribution in [0.25, 0.3) is 11.0 Å². The van der Waals surface area contributed by atoms with Crippen molar-refractivity contribution in [1.29, 1.82) is 0 Å². The van der Waals surface area contributed by atoms with Crippen molar-refractivity contribution < 1.29 is 9.53 Å². The van der Waals surface area contributed by atoms with Crippen molar-refractivity contribution in [3.63, 3.8) is 0 Å². The minimum atomic E-state index is -0.381. The van der Waals surface area contributed by atoms with Gasteiger partial charge in [0.2, 0.25) is 0 Å². The van der Waals surface area contributed by atoms with Crippen molar-refractivity contribution in [2.24, 2.45) is 0 Å². The highest BCUT2D eigenvalue weighted by molar-refractivity contribution is 7.98. The predicted molar refractivity (Wildman–Crippen MR) is 93.4 cm³/mol. The molecule has 1 aliphatic rings. The first-order valence-corrected chi connectivity index (χ1v) is 9.47. The number of hydrogen-bond donors (Lipinski definition) is 0. The van der Waals surface area contributed by atoms with Crippen molar-refractivity contribution >= 4 is 28.8 Å². The molecule has 0 amide bonds. The van der Waals surface area contributed by atoms with Gasteiger partial charge in [-0.3, -0.25) is 14.2 Å². The number of ether oxygens (including phenoxy) is 1. The van der Waals surface area contributed by atoms with Crippen molar-refractivity contribution in [1.82, 2.24) is 14.5 Å². The van der Waals surface area contributed by atoms with Crippen molar-refractivity contribution in [3.8, 4) is 0 Å². The van der Waals surface area contributed by atoms with Crippen LogP contribution in [0.3, 0.4) is 0 Å². The zero-order chi connectivity index (χ0) is 17.1. The quantitative estimate of drug-likeness (QED) is 0.470. The van der Waals surface area contributed by atoms with Crippen LogP contribution in [-0.4, -0.2) is 33.4 Å². The fourth-order valence-electron chi connectivity index (χ4n) is 3.26. The fourth-order valence-corrected chi connectivity index (χ4v) is 3.59. The van der Waals surface area contributed by atoms with Gasteiger partial charge < -0.3 is 4.74 Å². The molecule has 0 atom stereocenters. The van der Waals surface area contributed by atoms with Crippen molar-refractivity contribution in [3.05, 3.63) is 28.2 Å². The third-order valence-electron chi connectivity index (χ3n) is 4.34. The lowest BCUT2D eigenvalue weighted by atomic mass is 10.1. The fraction of sp³-hybridized carbons (Fsp3) is 0.529. The summed E-state index contributed by atoms with van der Waals surface area (Å²) in [6.07, 6.45) is 7.79. The summed E-state index contributed by atoms with van der Waals surface area (Å²) in [5, 5.41) is 1.44. The molecule has 3 rings (SSSR count). The molecule has 0 aromatic carbocycles. The third kappa shape index (κ3) is 3.31. The first-order valence-electron chi connectivity index (χ1n) is 8.24. The SMILES string of the molecule is CCOC(=O)Cc1cc2cnc(SC)nc2n(C2CCCC2)c1=O. The Kier molecular flexibility index (Phi) is 5.18. The normalized spacial score (nSPS) is 15.1. The molecule has 1 aliphatic carbocycles. The Balaban J connectivity index is 2.15. The van der Waals surface area contributed by atoms with E-state index in [-0.39, 0.29) is 24.0 Å². The lowest BCUT2D eigenvalue weighted by Gasteiger charge is -2.17. The summed E-state index contributed by atoms with van der Waals surface area (Å²) >= 11 is 1.45. The number of esters is 1. The number of aromatic nitrogens is 3. The van der Waals surface area contributed by atoms with Gasteiger partial charge in [0.25, 0.3) is 5.56 Å². The van der Waals surface area contributed by atoms with E-state index in [0.717, 1.165) is 31.1 Å². The maximum atomic E-state index is 13.0. The topological polar surface area (TPSA) is 74.1 Å². The van der Waals surface area contributed by atoms with Crippen LogP contribution in [0.2, 0.25) is 0 Å². The van der Waals surface area contributed by atoms with Crippen LogP contribution >= 0.6 is 11.8 Å². The smallest absolute Gasteiger partial charge is 0.310 e. The monoisotopic (exact) mass is 347 g/mol. The van der Waals surface area contributed by atoms with Gasteiger partial charge in [0.05, 0.1) is 13.0 Å². The third-order valence-corrected chi connectivity index (χ3v) is 4.90. The Morgan fingerprint density at radius 1 is 1.42 bits per heavy atom. The lowest BCUT2D eigenvalue weighted by molar-refractivity contribution is -0.142. The highest BCUT2D eigenvalue weighted by Gasteiger charge is 2.23.